The van der Waals surface area contributed by atoms with Gasteiger partial charge in [-0.15, -0.1) is 0 Å². The molecular weight excluding hydrogens is 174 g/mol. The van der Waals surface area contributed by atoms with E-state index in [4.69, 9.17) is 14.6 Å². The first kappa shape index (κ1) is 14.0. The van der Waals surface area contributed by atoms with Crippen molar-refractivity contribution in [2.45, 2.75) is 26.4 Å². The van der Waals surface area contributed by atoms with Gasteiger partial charge in [0.15, 0.2) is 0 Å². The zero-order valence-electron chi connectivity index (χ0n) is 8.03. The minimum absolute atomic E-state index is 0.373. The fourth-order valence-electron chi connectivity index (χ4n) is 0.343. The summed E-state index contributed by atoms with van der Waals surface area (Å²) in [6.07, 6.45) is -0.175. The van der Waals surface area contributed by atoms with Crippen LogP contribution in [0.2, 0.25) is 0 Å². The number of nitrogens with two attached hydrogens (primary N) is 1. The number of primary amides is 1. The molecule has 0 spiro atoms. The number of hydrogen-bond donors (Lipinski definition) is 2. The summed E-state index contributed by atoms with van der Waals surface area (Å²) in [5.74, 6) is -0.373. The molecule has 0 radical (unpaired) electrons. The molecule has 0 unspecified atom stereocenters. The summed E-state index contributed by atoms with van der Waals surface area (Å²) in [7, 11) is 0. The van der Waals surface area contributed by atoms with Crippen molar-refractivity contribution in [2.75, 3.05) is 0 Å². The van der Waals surface area contributed by atoms with Gasteiger partial charge in [-0.3, -0.25) is 0 Å². The van der Waals surface area contributed by atoms with Crippen molar-refractivity contribution in [3.05, 3.63) is 12.7 Å². The van der Waals surface area contributed by atoms with Crippen LogP contribution in [-0.4, -0.2) is 22.8 Å². The Morgan fingerprint density at radius 1 is 1.46 bits per heavy atom. The average molecular weight is 189 g/mol. The number of rotatable bonds is 1. The van der Waals surface area contributed by atoms with Gasteiger partial charge >= 0.3 is 12.1 Å². The number of hydrogen-bond acceptors (Lipinski definition) is 3. The van der Waals surface area contributed by atoms with Crippen LogP contribution < -0.4 is 5.73 Å². The Bertz CT molecular complexity index is 189. The molecule has 0 fully saturated rings. The molecule has 5 nitrogen and oxygen atoms in total. The van der Waals surface area contributed by atoms with Gasteiger partial charge in [0, 0.05) is 6.08 Å². The van der Waals surface area contributed by atoms with Crippen molar-refractivity contribution in [3.8, 4) is 0 Å². The third-order valence-electron chi connectivity index (χ3n) is 0.573. The zero-order valence-corrected chi connectivity index (χ0v) is 8.03. The van der Waals surface area contributed by atoms with Gasteiger partial charge in [0.05, 0.1) is 0 Å². The van der Waals surface area contributed by atoms with Crippen LogP contribution in [0.15, 0.2) is 12.7 Å². The summed E-state index contributed by atoms with van der Waals surface area (Å²) in [6, 6.07) is 0. The van der Waals surface area contributed by atoms with Crippen LogP contribution in [0, 0.1) is 0 Å². The molecule has 0 aliphatic rings. The lowest BCUT2D eigenvalue weighted by atomic mass is 10.2. The first-order chi connectivity index (χ1) is 5.69. The summed E-state index contributed by atoms with van der Waals surface area (Å²) in [5, 5.41) is 7.19. The first-order valence-electron chi connectivity index (χ1n) is 3.53. The van der Waals surface area contributed by atoms with Crippen molar-refractivity contribution >= 4 is 12.1 Å². The topological polar surface area (TPSA) is 89.6 Å². The molecule has 0 saturated heterocycles. The van der Waals surface area contributed by atoms with Crippen LogP contribution in [0.3, 0.4) is 0 Å². The largest absolute Gasteiger partial charge is 0.465 e. The molecule has 0 atom stereocenters. The highest BCUT2D eigenvalue weighted by molar-refractivity contribution is 5.81. The summed E-state index contributed by atoms with van der Waals surface area (Å²) in [5.41, 5.74) is 3.63. The molecule has 0 aliphatic heterocycles. The van der Waals surface area contributed by atoms with E-state index in [-0.39, 0.29) is 5.97 Å². The van der Waals surface area contributed by atoms with Gasteiger partial charge in [0.25, 0.3) is 0 Å². The number of amides is 1. The minimum Gasteiger partial charge on any atom is -0.465 e. The highest BCUT2D eigenvalue weighted by Gasteiger charge is 2.12. The first-order valence-corrected chi connectivity index (χ1v) is 3.53. The Kier molecular flexibility index (Phi) is 6.53. The van der Waals surface area contributed by atoms with Gasteiger partial charge in [-0.05, 0) is 20.8 Å². The number of carbonyl (C=O) groups excluding carboxylic acids is 1. The van der Waals surface area contributed by atoms with Crippen LogP contribution in [0.1, 0.15) is 20.8 Å². The van der Waals surface area contributed by atoms with E-state index < -0.39 is 11.7 Å². The van der Waals surface area contributed by atoms with Crippen molar-refractivity contribution in [1.29, 1.82) is 0 Å². The Hall–Kier alpha value is -1.52. The summed E-state index contributed by atoms with van der Waals surface area (Å²) < 4.78 is 4.83. The Labute approximate surface area is 77.2 Å². The van der Waals surface area contributed by atoms with E-state index in [1.54, 1.807) is 0 Å². The van der Waals surface area contributed by atoms with Crippen LogP contribution in [0.25, 0.3) is 0 Å². The molecular formula is C8H15NO4. The second kappa shape index (κ2) is 6.05. The van der Waals surface area contributed by atoms with Crippen molar-refractivity contribution in [2.24, 2.45) is 5.73 Å². The van der Waals surface area contributed by atoms with Gasteiger partial charge in [-0.1, -0.05) is 6.58 Å². The predicted molar refractivity (Wildman–Crippen MR) is 48.3 cm³/mol. The predicted octanol–water partition coefficient (Wildman–Crippen LogP) is 1.14. The molecule has 3 N–H and O–H groups in total. The molecule has 0 heterocycles. The van der Waals surface area contributed by atoms with E-state index >= 15 is 0 Å². The molecule has 0 saturated carbocycles. The maximum atomic E-state index is 10.5. The van der Waals surface area contributed by atoms with Crippen molar-refractivity contribution in [1.82, 2.24) is 0 Å². The Balaban J connectivity index is 0. The molecule has 5 heteroatoms. The Morgan fingerprint density at radius 2 is 1.77 bits per heavy atom. The quantitative estimate of drug-likeness (QED) is 0.478. The van der Waals surface area contributed by atoms with Gasteiger partial charge in [0.2, 0.25) is 0 Å². The molecule has 0 aromatic carbocycles. The maximum absolute atomic E-state index is 10.5. The Morgan fingerprint density at radius 3 is 1.85 bits per heavy atom. The lowest BCUT2D eigenvalue weighted by molar-refractivity contribution is -0.148. The van der Waals surface area contributed by atoms with E-state index in [1.165, 1.54) is 0 Å². The van der Waals surface area contributed by atoms with E-state index in [0.717, 1.165) is 6.08 Å². The normalized spacial score (nSPS) is 9.15. The summed E-state index contributed by atoms with van der Waals surface area (Å²) in [6.45, 7) is 8.71. The fraction of sp³-hybridized carbons (Fsp3) is 0.500. The number of ether oxygens (including phenoxy) is 1. The molecule has 0 aliphatic carbocycles. The molecule has 13 heavy (non-hydrogen) atoms. The molecule has 0 aromatic heterocycles. The van der Waals surface area contributed by atoms with Crippen LogP contribution in [0.4, 0.5) is 4.79 Å². The van der Waals surface area contributed by atoms with Crippen LogP contribution in [0.5, 0.6) is 0 Å². The van der Waals surface area contributed by atoms with Gasteiger partial charge in [-0.25, -0.2) is 9.59 Å². The second-order valence-electron chi connectivity index (χ2n) is 3.08. The summed E-state index contributed by atoms with van der Waals surface area (Å²) in [4.78, 5) is 19.3. The highest BCUT2D eigenvalue weighted by atomic mass is 16.6. The van der Waals surface area contributed by atoms with E-state index in [1.807, 2.05) is 20.8 Å². The lowest BCUT2D eigenvalue weighted by Gasteiger charge is -2.17. The van der Waals surface area contributed by atoms with Crippen LogP contribution >= 0.6 is 0 Å². The standard InChI is InChI=1S/C7H12O2.CH3NO2/c1-5-6(8)9-7(2,3)4;2-1(3)4/h5H,1H2,2-4H3;2H2,(H,3,4). The van der Waals surface area contributed by atoms with E-state index in [0.29, 0.717) is 0 Å². The molecule has 0 rings (SSSR count). The number of carbonyl (C=O) groups is 2. The number of carboxylic acid groups (broad SMARTS) is 1. The molecule has 76 valence electrons. The smallest absolute Gasteiger partial charge is 0.402 e. The fourth-order valence-corrected chi connectivity index (χ4v) is 0.343. The molecule has 0 bridgehead atoms. The lowest BCUT2D eigenvalue weighted by Crippen LogP contribution is -2.22. The molecule has 1 amide bonds. The number of esters is 1. The average Bonchev–Trinajstić information content (AvgIpc) is 1.82. The third kappa shape index (κ3) is 25.1. The van der Waals surface area contributed by atoms with Crippen molar-refractivity contribution < 1.29 is 19.4 Å². The zero-order chi connectivity index (χ0) is 11.1. The van der Waals surface area contributed by atoms with Crippen molar-refractivity contribution in [3.63, 3.8) is 0 Å². The van der Waals surface area contributed by atoms with Gasteiger partial charge < -0.3 is 15.6 Å². The van der Waals surface area contributed by atoms with Gasteiger partial charge in [0.1, 0.15) is 5.60 Å². The monoisotopic (exact) mass is 189 g/mol. The molecule has 0 aromatic rings. The third-order valence-corrected chi connectivity index (χ3v) is 0.573. The summed E-state index contributed by atoms with van der Waals surface area (Å²) >= 11 is 0. The second-order valence-corrected chi connectivity index (χ2v) is 3.08. The SMILES string of the molecule is C=CC(=O)OC(C)(C)C.NC(=O)O. The van der Waals surface area contributed by atoms with Gasteiger partial charge in [-0.2, -0.15) is 0 Å². The highest BCUT2D eigenvalue weighted by Crippen LogP contribution is 2.06. The van der Waals surface area contributed by atoms with E-state index in [2.05, 4.69) is 12.3 Å². The minimum atomic E-state index is -1.33. The van der Waals surface area contributed by atoms with Crippen LogP contribution in [-0.2, 0) is 9.53 Å². The van der Waals surface area contributed by atoms with E-state index in [9.17, 15) is 4.79 Å². The maximum Gasteiger partial charge on any atom is 0.402 e.